The average molecular weight is 279 g/mol. The SMILES string of the molecule is NCCc1cc2c3c(c1)c(Br)cn3CCC2. The maximum Gasteiger partial charge on any atom is 0.0524 e. The van der Waals surface area contributed by atoms with Crippen LogP contribution in [0, 0.1) is 0 Å². The predicted octanol–water partition coefficient (Wildman–Crippen LogP) is 2.85. The molecule has 2 heterocycles. The second-order valence-corrected chi connectivity index (χ2v) is 5.32. The van der Waals surface area contributed by atoms with Crippen molar-refractivity contribution in [3.63, 3.8) is 0 Å². The molecule has 84 valence electrons. The molecule has 0 bridgehead atoms. The molecule has 2 N–H and O–H groups in total. The van der Waals surface area contributed by atoms with E-state index in [1.807, 2.05) is 0 Å². The number of benzene rings is 1. The van der Waals surface area contributed by atoms with E-state index in [0.29, 0.717) is 0 Å². The standard InChI is InChI=1S/C13H15BrN2/c14-12-8-16-5-1-2-10-6-9(3-4-15)7-11(12)13(10)16/h6-8H,1-5,15H2. The zero-order chi connectivity index (χ0) is 11.1. The highest BCUT2D eigenvalue weighted by molar-refractivity contribution is 9.10. The summed E-state index contributed by atoms with van der Waals surface area (Å²) in [6.07, 6.45) is 5.63. The zero-order valence-electron chi connectivity index (χ0n) is 9.17. The second kappa shape index (κ2) is 3.90. The summed E-state index contributed by atoms with van der Waals surface area (Å²) >= 11 is 3.65. The van der Waals surface area contributed by atoms with Crippen molar-refractivity contribution in [1.29, 1.82) is 0 Å². The van der Waals surface area contributed by atoms with Gasteiger partial charge in [0.2, 0.25) is 0 Å². The van der Waals surface area contributed by atoms with E-state index in [9.17, 15) is 0 Å². The lowest BCUT2D eigenvalue weighted by molar-refractivity contribution is 0.635. The van der Waals surface area contributed by atoms with E-state index in [0.717, 1.165) is 19.5 Å². The normalized spacial score (nSPS) is 14.6. The van der Waals surface area contributed by atoms with E-state index in [1.165, 1.54) is 39.3 Å². The molecule has 3 heteroatoms. The van der Waals surface area contributed by atoms with Crippen LogP contribution in [0.3, 0.4) is 0 Å². The van der Waals surface area contributed by atoms with Crippen molar-refractivity contribution in [2.24, 2.45) is 5.73 Å². The third kappa shape index (κ3) is 1.50. The summed E-state index contributed by atoms with van der Waals surface area (Å²) in [5, 5.41) is 1.35. The lowest BCUT2D eigenvalue weighted by Crippen LogP contribution is -2.08. The van der Waals surface area contributed by atoms with Gasteiger partial charge in [-0.1, -0.05) is 6.07 Å². The van der Waals surface area contributed by atoms with Gasteiger partial charge in [-0.05, 0) is 58.9 Å². The molecule has 3 rings (SSSR count). The van der Waals surface area contributed by atoms with Crippen molar-refractivity contribution in [2.45, 2.75) is 25.8 Å². The highest BCUT2D eigenvalue weighted by Crippen LogP contribution is 2.33. The monoisotopic (exact) mass is 278 g/mol. The van der Waals surface area contributed by atoms with Gasteiger partial charge in [0.05, 0.1) is 5.52 Å². The third-order valence-corrected chi connectivity index (χ3v) is 3.97. The third-order valence-electron chi connectivity index (χ3n) is 3.34. The molecule has 0 unspecified atom stereocenters. The van der Waals surface area contributed by atoms with Crippen LogP contribution in [0.4, 0.5) is 0 Å². The number of aromatic nitrogens is 1. The zero-order valence-corrected chi connectivity index (χ0v) is 10.8. The Bertz CT molecular complexity index is 542. The topological polar surface area (TPSA) is 30.9 Å². The number of hydrogen-bond acceptors (Lipinski definition) is 1. The van der Waals surface area contributed by atoms with Crippen molar-refractivity contribution >= 4 is 26.8 Å². The van der Waals surface area contributed by atoms with Gasteiger partial charge in [-0.15, -0.1) is 0 Å². The van der Waals surface area contributed by atoms with Gasteiger partial charge in [0.1, 0.15) is 0 Å². The molecule has 0 aliphatic carbocycles. The Hall–Kier alpha value is -0.800. The molecular formula is C13H15BrN2. The average Bonchev–Trinajstić information content (AvgIpc) is 2.58. The summed E-state index contributed by atoms with van der Waals surface area (Å²) in [5.74, 6) is 0. The lowest BCUT2D eigenvalue weighted by atomic mass is 9.99. The molecule has 0 amide bonds. The molecule has 2 nitrogen and oxygen atoms in total. The fraction of sp³-hybridized carbons (Fsp3) is 0.385. The molecule has 0 fully saturated rings. The molecule has 1 aliphatic rings. The first-order valence-corrected chi connectivity index (χ1v) is 6.59. The first-order valence-electron chi connectivity index (χ1n) is 5.80. The predicted molar refractivity (Wildman–Crippen MR) is 70.7 cm³/mol. The van der Waals surface area contributed by atoms with Gasteiger partial charge in [-0.3, -0.25) is 0 Å². The van der Waals surface area contributed by atoms with Crippen LogP contribution in [-0.4, -0.2) is 11.1 Å². The molecule has 1 aromatic carbocycles. The summed E-state index contributed by atoms with van der Waals surface area (Å²) < 4.78 is 3.58. The lowest BCUT2D eigenvalue weighted by Gasteiger charge is -2.16. The van der Waals surface area contributed by atoms with Gasteiger partial charge in [0, 0.05) is 22.6 Å². The summed E-state index contributed by atoms with van der Waals surface area (Å²) in [7, 11) is 0. The smallest absolute Gasteiger partial charge is 0.0524 e. The largest absolute Gasteiger partial charge is 0.346 e. The highest BCUT2D eigenvalue weighted by atomic mass is 79.9. The fourth-order valence-electron chi connectivity index (χ4n) is 2.67. The maximum atomic E-state index is 5.64. The van der Waals surface area contributed by atoms with Gasteiger partial charge < -0.3 is 10.3 Å². The van der Waals surface area contributed by atoms with Crippen LogP contribution in [0.15, 0.2) is 22.8 Å². The van der Waals surface area contributed by atoms with E-state index in [4.69, 9.17) is 5.73 Å². The first-order chi connectivity index (χ1) is 7.79. The Balaban J connectivity index is 2.28. The summed E-state index contributed by atoms with van der Waals surface area (Å²) in [4.78, 5) is 0. The summed E-state index contributed by atoms with van der Waals surface area (Å²) in [5.41, 5.74) is 9.90. The Morgan fingerprint density at radius 3 is 3.06 bits per heavy atom. The number of rotatable bonds is 2. The van der Waals surface area contributed by atoms with Crippen LogP contribution in [-0.2, 0) is 19.4 Å². The number of hydrogen-bond donors (Lipinski definition) is 1. The van der Waals surface area contributed by atoms with Crippen LogP contribution >= 0.6 is 15.9 Å². The van der Waals surface area contributed by atoms with Crippen LogP contribution in [0.5, 0.6) is 0 Å². The molecular weight excluding hydrogens is 264 g/mol. The van der Waals surface area contributed by atoms with Crippen molar-refractivity contribution < 1.29 is 0 Å². The van der Waals surface area contributed by atoms with Gasteiger partial charge in [-0.2, -0.15) is 0 Å². The molecule has 1 aliphatic heterocycles. The summed E-state index contributed by atoms with van der Waals surface area (Å²) in [6, 6.07) is 4.61. The number of nitrogens with two attached hydrogens (primary N) is 1. The molecule has 0 radical (unpaired) electrons. The van der Waals surface area contributed by atoms with Gasteiger partial charge in [-0.25, -0.2) is 0 Å². The van der Waals surface area contributed by atoms with E-state index < -0.39 is 0 Å². The quantitative estimate of drug-likeness (QED) is 0.900. The Morgan fingerprint density at radius 2 is 2.25 bits per heavy atom. The van der Waals surface area contributed by atoms with Gasteiger partial charge >= 0.3 is 0 Å². The Morgan fingerprint density at radius 1 is 1.38 bits per heavy atom. The van der Waals surface area contributed by atoms with Crippen molar-refractivity contribution in [3.8, 4) is 0 Å². The van der Waals surface area contributed by atoms with Gasteiger partial charge in [0.15, 0.2) is 0 Å². The number of nitrogens with zero attached hydrogens (tertiary/aromatic N) is 1. The van der Waals surface area contributed by atoms with Crippen molar-refractivity contribution in [3.05, 3.63) is 33.9 Å². The first kappa shape index (κ1) is 10.4. The summed E-state index contributed by atoms with van der Waals surface area (Å²) in [6.45, 7) is 1.87. The molecule has 2 aromatic rings. The fourth-order valence-corrected chi connectivity index (χ4v) is 3.22. The Kier molecular flexibility index (Phi) is 2.52. The molecule has 0 spiro atoms. The van der Waals surface area contributed by atoms with Crippen LogP contribution < -0.4 is 5.73 Å². The van der Waals surface area contributed by atoms with E-state index >= 15 is 0 Å². The molecule has 16 heavy (non-hydrogen) atoms. The molecule has 0 saturated heterocycles. The number of aryl methyl sites for hydroxylation is 2. The minimum absolute atomic E-state index is 0.725. The highest BCUT2D eigenvalue weighted by Gasteiger charge is 2.15. The van der Waals surface area contributed by atoms with Crippen LogP contribution in [0.25, 0.3) is 10.9 Å². The maximum absolute atomic E-state index is 5.64. The van der Waals surface area contributed by atoms with E-state index in [-0.39, 0.29) is 0 Å². The van der Waals surface area contributed by atoms with Crippen LogP contribution in [0.2, 0.25) is 0 Å². The second-order valence-electron chi connectivity index (χ2n) is 4.46. The minimum atomic E-state index is 0.725. The van der Waals surface area contributed by atoms with Crippen molar-refractivity contribution in [1.82, 2.24) is 4.57 Å². The van der Waals surface area contributed by atoms with Crippen LogP contribution in [0.1, 0.15) is 17.5 Å². The Labute approximate surface area is 104 Å². The van der Waals surface area contributed by atoms with Gasteiger partial charge in [0.25, 0.3) is 0 Å². The van der Waals surface area contributed by atoms with Crippen molar-refractivity contribution in [2.75, 3.05) is 6.54 Å². The van der Waals surface area contributed by atoms with E-state index in [1.54, 1.807) is 0 Å². The molecule has 0 saturated carbocycles. The molecule has 1 aromatic heterocycles. The molecule has 0 atom stereocenters. The number of halogens is 1. The van der Waals surface area contributed by atoms with E-state index in [2.05, 4.69) is 38.8 Å². The minimum Gasteiger partial charge on any atom is -0.346 e.